The summed E-state index contributed by atoms with van der Waals surface area (Å²) in [6.07, 6.45) is 0. The Morgan fingerprint density at radius 3 is 2.62 bits per heavy atom. The molecule has 0 aromatic carbocycles. The lowest BCUT2D eigenvalue weighted by Crippen LogP contribution is -2.51. The third kappa shape index (κ3) is 4.15. The van der Waals surface area contributed by atoms with E-state index in [1.807, 2.05) is 24.0 Å². The van der Waals surface area contributed by atoms with Crippen molar-refractivity contribution in [3.05, 3.63) is 23.5 Å². The molecule has 0 bridgehead atoms. The number of aliphatic carboxylic acids is 1. The lowest BCUT2D eigenvalue weighted by Gasteiger charge is -2.36. The van der Waals surface area contributed by atoms with Gasteiger partial charge in [0, 0.05) is 50.6 Å². The summed E-state index contributed by atoms with van der Waals surface area (Å²) in [5, 5.41) is 9.04. The van der Waals surface area contributed by atoms with Crippen LogP contribution in [0.2, 0.25) is 0 Å². The van der Waals surface area contributed by atoms with Crippen molar-refractivity contribution in [1.82, 2.24) is 14.8 Å². The summed E-state index contributed by atoms with van der Waals surface area (Å²) in [5.74, 6) is 0.0733. The number of nitrogens with zero attached hydrogens (tertiary/aromatic N) is 3. The Bertz CT molecular complexity index is 499. The number of rotatable bonds is 5. The molecule has 2 heterocycles. The highest BCUT2D eigenvalue weighted by atomic mass is 16.5. The van der Waals surface area contributed by atoms with Crippen LogP contribution in [0.5, 0.6) is 5.75 Å². The first-order valence-corrected chi connectivity index (χ1v) is 7.20. The van der Waals surface area contributed by atoms with Gasteiger partial charge in [-0.1, -0.05) is 0 Å². The van der Waals surface area contributed by atoms with Crippen LogP contribution in [0.3, 0.4) is 0 Å². The van der Waals surface area contributed by atoms with Crippen LogP contribution in [-0.2, 0) is 11.3 Å². The van der Waals surface area contributed by atoms with Gasteiger partial charge in [-0.05, 0) is 13.8 Å². The first-order chi connectivity index (χ1) is 9.99. The summed E-state index contributed by atoms with van der Waals surface area (Å²) in [6.45, 7) is 7.73. The molecule has 1 aliphatic heterocycles. The van der Waals surface area contributed by atoms with Crippen molar-refractivity contribution in [2.24, 2.45) is 0 Å². The van der Waals surface area contributed by atoms with Gasteiger partial charge in [-0.25, -0.2) is 0 Å². The van der Waals surface area contributed by atoms with Gasteiger partial charge in [0.05, 0.1) is 12.8 Å². The van der Waals surface area contributed by atoms with E-state index >= 15 is 0 Å². The minimum atomic E-state index is -0.756. The second kappa shape index (κ2) is 6.87. The van der Waals surface area contributed by atoms with Gasteiger partial charge >= 0.3 is 5.97 Å². The van der Waals surface area contributed by atoms with E-state index in [1.54, 1.807) is 14.0 Å². The molecule has 0 aliphatic carbocycles. The lowest BCUT2D eigenvalue weighted by atomic mass is 10.2. The summed E-state index contributed by atoms with van der Waals surface area (Å²) < 4.78 is 5.27. The molecule has 0 radical (unpaired) electrons. The van der Waals surface area contributed by atoms with E-state index in [-0.39, 0.29) is 0 Å². The average Bonchev–Trinajstić information content (AvgIpc) is 2.46. The second-order valence-corrected chi connectivity index (χ2v) is 5.47. The van der Waals surface area contributed by atoms with Gasteiger partial charge in [-0.3, -0.25) is 19.6 Å². The van der Waals surface area contributed by atoms with Crippen molar-refractivity contribution in [2.45, 2.75) is 26.4 Å². The van der Waals surface area contributed by atoms with Crippen LogP contribution in [0.15, 0.2) is 12.1 Å². The second-order valence-electron chi connectivity index (χ2n) is 5.47. The average molecular weight is 293 g/mol. The smallest absolute Gasteiger partial charge is 0.320 e. The monoisotopic (exact) mass is 293 g/mol. The summed E-state index contributed by atoms with van der Waals surface area (Å²) in [5.41, 5.74) is 1.94. The fourth-order valence-corrected chi connectivity index (χ4v) is 2.60. The minimum Gasteiger partial charge on any atom is -0.497 e. The number of aromatic nitrogens is 1. The number of pyridine rings is 1. The molecule has 21 heavy (non-hydrogen) atoms. The Balaban J connectivity index is 1.91. The van der Waals surface area contributed by atoms with Crippen molar-refractivity contribution in [1.29, 1.82) is 0 Å². The minimum absolute atomic E-state index is 0.413. The molecule has 1 aromatic heterocycles. The number of carboxylic acid groups (broad SMARTS) is 1. The molecule has 116 valence electrons. The Hall–Kier alpha value is -1.66. The molecule has 1 atom stereocenters. The maximum Gasteiger partial charge on any atom is 0.320 e. The Morgan fingerprint density at radius 2 is 2.05 bits per heavy atom. The summed E-state index contributed by atoms with van der Waals surface area (Å²) >= 11 is 0. The Labute approximate surface area is 125 Å². The van der Waals surface area contributed by atoms with E-state index < -0.39 is 12.0 Å². The fourth-order valence-electron chi connectivity index (χ4n) is 2.60. The van der Waals surface area contributed by atoms with E-state index in [0.29, 0.717) is 0 Å². The Kier molecular flexibility index (Phi) is 5.14. The molecule has 1 aliphatic rings. The quantitative estimate of drug-likeness (QED) is 0.873. The van der Waals surface area contributed by atoms with Gasteiger partial charge in [0.1, 0.15) is 11.8 Å². The number of ether oxygens (including phenoxy) is 1. The number of carbonyl (C=O) groups is 1. The summed E-state index contributed by atoms with van der Waals surface area (Å²) in [4.78, 5) is 19.8. The maximum atomic E-state index is 11.0. The zero-order valence-electron chi connectivity index (χ0n) is 12.9. The van der Waals surface area contributed by atoms with Crippen LogP contribution < -0.4 is 4.74 Å². The molecule has 1 N–H and O–H groups in total. The van der Waals surface area contributed by atoms with Gasteiger partial charge in [-0.15, -0.1) is 0 Å². The van der Waals surface area contributed by atoms with E-state index in [2.05, 4.69) is 9.88 Å². The molecule has 1 fully saturated rings. The normalized spacial score (nSPS) is 18.4. The number of hydrogen-bond donors (Lipinski definition) is 1. The van der Waals surface area contributed by atoms with E-state index in [9.17, 15) is 4.79 Å². The fraction of sp³-hybridized carbons (Fsp3) is 0.600. The van der Waals surface area contributed by atoms with Gasteiger partial charge in [-0.2, -0.15) is 0 Å². The number of methoxy groups -OCH3 is 1. The third-order valence-electron chi connectivity index (χ3n) is 3.91. The van der Waals surface area contributed by atoms with Crippen LogP contribution in [0, 0.1) is 6.92 Å². The molecule has 1 aromatic rings. The van der Waals surface area contributed by atoms with Crippen LogP contribution in [0.25, 0.3) is 0 Å². The molecule has 6 heteroatoms. The van der Waals surface area contributed by atoms with Gasteiger partial charge in [0.2, 0.25) is 0 Å². The van der Waals surface area contributed by atoms with E-state index in [1.165, 1.54) is 0 Å². The molecular weight excluding hydrogens is 270 g/mol. The van der Waals surface area contributed by atoms with E-state index in [0.717, 1.165) is 49.9 Å². The predicted octanol–water partition coefficient (Wildman–Crippen LogP) is 0.989. The number of carboxylic acids is 1. The van der Waals surface area contributed by atoms with Crippen molar-refractivity contribution >= 4 is 5.97 Å². The van der Waals surface area contributed by atoms with Crippen LogP contribution >= 0.6 is 0 Å². The van der Waals surface area contributed by atoms with Crippen molar-refractivity contribution in [2.75, 3.05) is 33.3 Å². The molecule has 2 rings (SSSR count). The largest absolute Gasteiger partial charge is 0.497 e. The molecule has 0 amide bonds. The highest BCUT2D eigenvalue weighted by Gasteiger charge is 2.25. The van der Waals surface area contributed by atoms with Crippen LogP contribution in [0.1, 0.15) is 18.3 Å². The molecule has 0 saturated carbocycles. The van der Waals surface area contributed by atoms with Crippen molar-refractivity contribution in [3.8, 4) is 5.75 Å². The standard InChI is InChI=1S/C15H23N3O3/c1-11-8-14(21-3)9-13(16-11)10-17-4-6-18(7-5-17)12(2)15(19)20/h8-9,12H,4-7,10H2,1-3H3,(H,19,20). The number of hydrogen-bond acceptors (Lipinski definition) is 5. The van der Waals surface area contributed by atoms with Gasteiger partial charge < -0.3 is 9.84 Å². The highest BCUT2D eigenvalue weighted by molar-refractivity contribution is 5.72. The lowest BCUT2D eigenvalue weighted by molar-refractivity contribution is -0.143. The van der Waals surface area contributed by atoms with Crippen LogP contribution in [-0.4, -0.2) is 65.2 Å². The molecule has 1 unspecified atom stereocenters. The maximum absolute atomic E-state index is 11.0. The van der Waals surface area contributed by atoms with E-state index in [4.69, 9.17) is 9.84 Å². The third-order valence-corrected chi connectivity index (χ3v) is 3.91. The Morgan fingerprint density at radius 1 is 1.38 bits per heavy atom. The molecule has 0 spiro atoms. The predicted molar refractivity (Wildman–Crippen MR) is 79.5 cm³/mol. The van der Waals surface area contributed by atoms with Crippen LogP contribution in [0.4, 0.5) is 0 Å². The van der Waals surface area contributed by atoms with Gasteiger partial charge in [0.15, 0.2) is 0 Å². The SMILES string of the molecule is COc1cc(C)nc(CN2CCN(C(C)C(=O)O)CC2)c1. The first-order valence-electron chi connectivity index (χ1n) is 7.20. The molecule has 6 nitrogen and oxygen atoms in total. The summed E-state index contributed by atoms with van der Waals surface area (Å²) in [7, 11) is 1.66. The molecule has 1 saturated heterocycles. The van der Waals surface area contributed by atoms with Gasteiger partial charge in [0.25, 0.3) is 0 Å². The zero-order chi connectivity index (χ0) is 15.4. The molecular formula is C15H23N3O3. The number of piperazine rings is 1. The van der Waals surface area contributed by atoms with Crippen molar-refractivity contribution < 1.29 is 14.6 Å². The number of aryl methyl sites for hydroxylation is 1. The highest BCUT2D eigenvalue weighted by Crippen LogP contribution is 2.16. The van der Waals surface area contributed by atoms with Crippen molar-refractivity contribution in [3.63, 3.8) is 0 Å². The first kappa shape index (κ1) is 15.7. The summed E-state index contributed by atoms with van der Waals surface area (Å²) in [6, 6.07) is 3.46. The zero-order valence-corrected chi connectivity index (χ0v) is 12.9. The topological polar surface area (TPSA) is 65.9 Å².